The molecule has 1 aliphatic carbocycles. The molecule has 1 heterocycles. The first kappa shape index (κ1) is 14.8. The highest BCUT2D eigenvalue weighted by Gasteiger charge is 2.68. The molecule has 1 saturated carbocycles. The van der Waals surface area contributed by atoms with Crippen molar-refractivity contribution in [3.05, 3.63) is 24.3 Å². The van der Waals surface area contributed by atoms with Crippen molar-refractivity contribution in [3.8, 4) is 11.5 Å². The molecule has 0 saturated heterocycles. The second-order valence-corrected chi connectivity index (χ2v) is 7.38. The summed E-state index contributed by atoms with van der Waals surface area (Å²) in [4.78, 5) is 14.0. The summed E-state index contributed by atoms with van der Waals surface area (Å²) in [5.74, 6) is 1.38. The number of rotatable bonds is 3. The van der Waals surface area contributed by atoms with Crippen LogP contribution in [0.25, 0.3) is 0 Å². The molecule has 0 bridgehead atoms. The third-order valence-electron chi connectivity index (χ3n) is 4.12. The zero-order chi connectivity index (χ0) is 15.3. The minimum absolute atomic E-state index is 0.0602. The molecule has 0 unspecified atom stereocenters. The van der Waals surface area contributed by atoms with E-state index in [2.05, 4.69) is 0 Å². The Labute approximate surface area is 133 Å². The summed E-state index contributed by atoms with van der Waals surface area (Å²) < 4.78 is 10.5. The fourth-order valence-corrected chi connectivity index (χ4v) is 3.29. The number of fused-ring (bicyclic) bond motifs is 1. The maximum absolute atomic E-state index is 12.4. The van der Waals surface area contributed by atoms with Crippen molar-refractivity contribution in [2.45, 2.75) is 23.8 Å². The number of alkyl halides is 2. The Hall–Kier alpha value is -1.13. The molecule has 6 heteroatoms. The Bertz CT molecular complexity index is 578. The summed E-state index contributed by atoms with van der Waals surface area (Å²) in [7, 11) is 1.74. The number of carbonyl (C=O) groups excluding carboxylic acids is 1. The third kappa shape index (κ3) is 2.55. The number of hydrogen-bond donors (Lipinski definition) is 0. The number of halogens is 2. The highest BCUT2D eigenvalue weighted by atomic mass is 35.5. The van der Waals surface area contributed by atoms with E-state index >= 15 is 0 Å². The van der Waals surface area contributed by atoms with Crippen LogP contribution in [-0.4, -0.2) is 41.4 Å². The molecule has 1 aromatic rings. The van der Waals surface area contributed by atoms with E-state index in [1.165, 1.54) is 0 Å². The molecule has 0 spiro atoms. The van der Waals surface area contributed by atoms with Crippen LogP contribution in [0.15, 0.2) is 24.3 Å². The van der Waals surface area contributed by atoms with Gasteiger partial charge in [0.15, 0.2) is 17.6 Å². The van der Waals surface area contributed by atoms with Crippen LogP contribution in [0.5, 0.6) is 11.5 Å². The second-order valence-electron chi connectivity index (χ2n) is 5.90. The molecule has 0 N–H and O–H groups in total. The zero-order valence-electron chi connectivity index (χ0n) is 11.9. The van der Waals surface area contributed by atoms with Gasteiger partial charge in [-0.2, -0.15) is 0 Å². The minimum Gasteiger partial charge on any atom is -0.486 e. The Morgan fingerprint density at radius 1 is 1.38 bits per heavy atom. The molecular formula is C15H17Cl2NO3. The van der Waals surface area contributed by atoms with Gasteiger partial charge in [-0.25, -0.2) is 0 Å². The SMILES string of the molecule is CN(C[C@H]1COc2ccccc2O1)C(=O)[C@]1(C)CC1(Cl)Cl. The molecule has 0 aromatic heterocycles. The first-order valence-electron chi connectivity index (χ1n) is 6.85. The first-order valence-corrected chi connectivity index (χ1v) is 7.61. The van der Waals surface area contributed by atoms with Gasteiger partial charge in [0.25, 0.3) is 0 Å². The van der Waals surface area contributed by atoms with Crippen molar-refractivity contribution in [3.63, 3.8) is 0 Å². The van der Waals surface area contributed by atoms with E-state index in [1.54, 1.807) is 18.9 Å². The van der Waals surface area contributed by atoms with E-state index < -0.39 is 9.75 Å². The van der Waals surface area contributed by atoms with Gasteiger partial charge in [-0.3, -0.25) is 4.79 Å². The lowest BCUT2D eigenvalue weighted by Gasteiger charge is -2.30. The van der Waals surface area contributed by atoms with Crippen LogP contribution in [-0.2, 0) is 4.79 Å². The largest absolute Gasteiger partial charge is 0.486 e. The molecule has 21 heavy (non-hydrogen) atoms. The number of carbonyl (C=O) groups is 1. The van der Waals surface area contributed by atoms with Crippen LogP contribution in [0.1, 0.15) is 13.3 Å². The lowest BCUT2D eigenvalue weighted by Crippen LogP contribution is -2.44. The molecule has 2 atom stereocenters. The van der Waals surface area contributed by atoms with Gasteiger partial charge in [-0.15, -0.1) is 23.2 Å². The molecular weight excluding hydrogens is 313 g/mol. The Morgan fingerprint density at radius 3 is 2.62 bits per heavy atom. The quantitative estimate of drug-likeness (QED) is 0.800. The number of ether oxygens (including phenoxy) is 2. The highest BCUT2D eigenvalue weighted by molar-refractivity contribution is 6.53. The van der Waals surface area contributed by atoms with E-state index in [4.69, 9.17) is 32.7 Å². The molecule has 1 fully saturated rings. The fourth-order valence-electron chi connectivity index (χ4n) is 2.59. The molecule has 3 rings (SSSR count). The van der Waals surface area contributed by atoms with Crippen molar-refractivity contribution in [1.82, 2.24) is 4.90 Å². The second kappa shape index (κ2) is 4.96. The van der Waals surface area contributed by atoms with Crippen LogP contribution in [0, 0.1) is 5.41 Å². The Morgan fingerprint density at radius 2 is 2.00 bits per heavy atom. The summed E-state index contributed by atoms with van der Waals surface area (Å²) in [6.07, 6.45) is 0.285. The average Bonchev–Trinajstić information content (AvgIpc) is 2.97. The normalized spacial score (nSPS) is 28.9. The van der Waals surface area contributed by atoms with E-state index in [1.807, 2.05) is 24.3 Å². The van der Waals surface area contributed by atoms with Crippen molar-refractivity contribution in [1.29, 1.82) is 0 Å². The van der Waals surface area contributed by atoms with E-state index in [0.717, 1.165) is 5.75 Å². The standard InChI is InChI=1S/C15H17Cl2NO3/c1-14(9-15(14,16)17)13(19)18(2)7-10-8-20-11-5-3-4-6-12(11)21-10/h3-6,10H,7-9H2,1-2H3/t10-,14-/m0/s1. The Balaban J connectivity index is 1.62. The van der Waals surface area contributed by atoms with E-state index in [-0.39, 0.29) is 12.0 Å². The van der Waals surface area contributed by atoms with Gasteiger partial charge in [0.2, 0.25) is 5.91 Å². The smallest absolute Gasteiger partial charge is 0.231 e. The fraction of sp³-hybridized carbons (Fsp3) is 0.533. The number of benzene rings is 1. The van der Waals surface area contributed by atoms with Crippen molar-refractivity contribution < 1.29 is 14.3 Å². The molecule has 1 amide bonds. The molecule has 1 aromatic carbocycles. The predicted molar refractivity (Wildman–Crippen MR) is 81.2 cm³/mol. The lowest BCUT2D eigenvalue weighted by atomic mass is 10.1. The summed E-state index contributed by atoms with van der Waals surface area (Å²) in [5.41, 5.74) is -0.696. The summed E-state index contributed by atoms with van der Waals surface area (Å²) in [6.45, 7) is 2.64. The van der Waals surface area contributed by atoms with Gasteiger partial charge >= 0.3 is 0 Å². The lowest BCUT2D eigenvalue weighted by molar-refractivity contribution is -0.136. The monoisotopic (exact) mass is 329 g/mol. The van der Waals surface area contributed by atoms with E-state index in [9.17, 15) is 4.79 Å². The number of hydrogen-bond acceptors (Lipinski definition) is 3. The van der Waals surface area contributed by atoms with Gasteiger partial charge in [0.1, 0.15) is 10.9 Å². The number of amides is 1. The van der Waals surface area contributed by atoms with Crippen LogP contribution >= 0.6 is 23.2 Å². The van der Waals surface area contributed by atoms with Crippen LogP contribution in [0.4, 0.5) is 0 Å². The zero-order valence-corrected chi connectivity index (χ0v) is 13.4. The molecule has 2 aliphatic rings. The molecule has 114 valence electrons. The highest BCUT2D eigenvalue weighted by Crippen LogP contribution is 2.64. The van der Waals surface area contributed by atoms with Gasteiger partial charge in [-0.1, -0.05) is 12.1 Å². The van der Waals surface area contributed by atoms with Crippen molar-refractivity contribution in [2.75, 3.05) is 20.2 Å². The van der Waals surface area contributed by atoms with Gasteiger partial charge in [0.05, 0.1) is 12.0 Å². The number of nitrogens with zero attached hydrogens (tertiary/aromatic N) is 1. The van der Waals surface area contributed by atoms with E-state index in [0.29, 0.717) is 25.3 Å². The number of para-hydroxylation sites is 2. The van der Waals surface area contributed by atoms with Gasteiger partial charge < -0.3 is 14.4 Å². The third-order valence-corrected chi connectivity index (χ3v) is 5.22. The van der Waals surface area contributed by atoms with Gasteiger partial charge in [0, 0.05) is 7.05 Å². The summed E-state index contributed by atoms with van der Waals surface area (Å²) in [5, 5.41) is 0. The van der Waals surface area contributed by atoms with Crippen molar-refractivity contribution in [2.24, 2.45) is 5.41 Å². The maximum atomic E-state index is 12.4. The average molecular weight is 330 g/mol. The van der Waals surface area contributed by atoms with Gasteiger partial charge in [-0.05, 0) is 25.5 Å². The molecule has 4 nitrogen and oxygen atoms in total. The van der Waals surface area contributed by atoms with Crippen LogP contribution < -0.4 is 9.47 Å². The van der Waals surface area contributed by atoms with Crippen LogP contribution in [0.2, 0.25) is 0 Å². The maximum Gasteiger partial charge on any atom is 0.231 e. The summed E-state index contributed by atoms with van der Waals surface area (Å²) >= 11 is 12.1. The topological polar surface area (TPSA) is 38.8 Å². The Kier molecular flexibility index (Phi) is 3.49. The van der Waals surface area contributed by atoms with Crippen LogP contribution in [0.3, 0.4) is 0 Å². The predicted octanol–water partition coefficient (Wildman–Crippen LogP) is 2.87. The summed E-state index contributed by atoms with van der Waals surface area (Å²) in [6, 6.07) is 7.50. The first-order chi connectivity index (χ1) is 9.83. The van der Waals surface area contributed by atoms with Crippen molar-refractivity contribution >= 4 is 29.1 Å². The minimum atomic E-state index is -0.950. The molecule has 1 aliphatic heterocycles. The number of likely N-dealkylation sites (N-methyl/N-ethyl adjacent to an activating group) is 1. The molecule has 0 radical (unpaired) electrons.